The molecule has 1 aliphatic carbocycles. The van der Waals surface area contributed by atoms with Crippen LogP contribution < -0.4 is 0 Å². The van der Waals surface area contributed by atoms with E-state index >= 15 is 0 Å². The molecule has 1 heterocycles. The fraction of sp³-hybridized carbons (Fsp3) is 0.348. The maximum absolute atomic E-state index is 11.6. The van der Waals surface area contributed by atoms with E-state index in [2.05, 4.69) is 71.7 Å². The molecule has 3 aromatic rings. The third-order valence-electron chi connectivity index (χ3n) is 5.29. The zero-order valence-corrected chi connectivity index (χ0v) is 16.6. The zero-order valence-electron chi connectivity index (χ0n) is 16.6. The van der Waals surface area contributed by atoms with Gasteiger partial charge >= 0.3 is 5.97 Å². The SMILES string of the molecule is CCC(=O)ON=C1CC(C)(C)Cc2[nH]nc(Cc3cccc4ccccc34)c21. The molecule has 5 nitrogen and oxygen atoms in total. The van der Waals surface area contributed by atoms with Crippen LogP contribution in [0.15, 0.2) is 47.6 Å². The Morgan fingerprint density at radius 3 is 2.79 bits per heavy atom. The molecule has 1 N–H and O–H groups in total. The van der Waals surface area contributed by atoms with E-state index in [1.54, 1.807) is 6.92 Å². The van der Waals surface area contributed by atoms with Crippen LogP contribution in [0.4, 0.5) is 0 Å². The van der Waals surface area contributed by atoms with Crippen molar-refractivity contribution in [3.63, 3.8) is 0 Å². The van der Waals surface area contributed by atoms with Crippen LogP contribution in [-0.4, -0.2) is 21.9 Å². The Bertz CT molecular complexity index is 1060. The summed E-state index contributed by atoms with van der Waals surface area (Å²) < 4.78 is 0. The van der Waals surface area contributed by atoms with Gasteiger partial charge in [0.15, 0.2) is 0 Å². The third kappa shape index (κ3) is 3.57. The van der Waals surface area contributed by atoms with Gasteiger partial charge in [0.05, 0.1) is 11.4 Å². The van der Waals surface area contributed by atoms with Crippen molar-refractivity contribution in [2.75, 3.05) is 0 Å². The summed E-state index contributed by atoms with van der Waals surface area (Å²) in [5.74, 6) is -0.323. The molecule has 1 aliphatic rings. The Morgan fingerprint density at radius 1 is 1.18 bits per heavy atom. The van der Waals surface area contributed by atoms with Gasteiger partial charge < -0.3 is 4.84 Å². The summed E-state index contributed by atoms with van der Waals surface area (Å²) >= 11 is 0. The van der Waals surface area contributed by atoms with Gasteiger partial charge in [-0.3, -0.25) is 5.10 Å². The molecule has 0 radical (unpaired) electrons. The summed E-state index contributed by atoms with van der Waals surface area (Å²) in [4.78, 5) is 16.8. The lowest BCUT2D eigenvalue weighted by Gasteiger charge is -2.29. The minimum atomic E-state index is -0.323. The number of nitrogens with zero attached hydrogens (tertiary/aromatic N) is 2. The van der Waals surface area contributed by atoms with Gasteiger partial charge in [-0.05, 0) is 34.6 Å². The van der Waals surface area contributed by atoms with Crippen molar-refractivity contribution in [3.05, 3.63) is 65.0 Å². The summed E-state index contributed by atoms with van der Waals surface area (Å²) in [6.45, 7) is 6.15. The van der Waals surface area contributed by atoms with Gasteiger partial charge in [-0.25, -0.2) is 4.79 Å². The summed E-state index contributed by atoms with van der Waals surface area (Å²) in [5.41, 5.74) is 5.09. The van der Waals surface area contributed by atoms with Crippen molar-refractivity contribution >= 4 is 22.5 Å². The van der Waals surface area contributed by atoms with E-state index in [-0.39, 0.29) is 11.4 Å². The van der Waals surface area contributed by atoms with E-state index < -0.39 is 0 Å². The average Bonchev–Trinajstić information content (AvgIpc) is 3.07. The molecule has 0 bridgehead atoms. The van der Waals surface area contributed by atoms with E-state index in [9.17, 15) is 4.79 Å². The van der Waals surface area contributed by atoms with Crippen molar-refractivity contribution in [1.29, 1.82) is 0 Å². The highest BCUT2D eigenvalue weighted by Gasteiger charge is 2.34. The third-order valence-corrected chi connectivity index (χ3v) is 5.29. The molecule has 0 spiro atoms. The number of hydrogen-bond acceptors (Lipinski definition) is 4. The van der Waals surface area contributed by atoms with Crippen LogP contribution in [0.2, 0.25) is 0 Å². The lowest BCUT2D eigenvalue weighted by atomic mass is 9.75. The maximum Gasteiger partial charge on any atom is 0.334 e. The number of fused-ring (bicyclic) bond motifs is 2. The van der Waals surface area contributed by atoms with Crippen LogP contribution >= 0.6 is 0 Å². The minimum absolute atomic E-state index is 0.0354. The maximum atomic E-state index is 11.6. The zero-order chi connectivity index (χ0) is 19.7. The Morgan fingerprint density at radius 2 is 1.96 bits per heavy atom. The molecule has 0 saturated heterocycles. The molecule has 144 valence electrons. The van der Waals surface area contributed by atoms with E-state index in [1.165, 1.54) is 16.3 Å². The second-order valence-electron chi connectivity index (χ2n) is 8.21. The van der Waals surface area contributed by atoms with Crippen LogP contribution in [0.3, 0.4) is 0 Å². The van der Waals surface area contributed by atoms with Crippen LogP contribution in [0.25, 0.3) is 10.8 Å². The second kappa shape index (κ2) is 7.23. The molecule has 5 heteroatoms. The van der Waals surface area contributed by atoms with Crippen LogP contribution in [0.1, 0.15) is 56.1 Å². The van der Waals surface area contributed by atoms with Gasteiger partial charge in [-0.2, -0.15) is 5.10 Å². The molecule has 0 aliphatic heterocycles. The number of carbonyl (C=O) groups excluding carboxylic acids is 1. The predicted octanol–water partition coefficient (Wildman–Crippen LogP) is 4.78. The first-order valence-corrected chi connectivity index (χ1v) is 9.76. The molecule has 0 amide bonds. The summed E-state index contributed by atoms with van der Waals surface area (Å²) in [6.07, 6.45) is 2.65. The Balaban J connectivity index is 1.74. The number of H-pyrrole nitrogens is 1. The Labute approximate surface area is 164 Å². The molecule has 0 atom stereocenters. The average molecular weight is 375 g/mol. The Hall–Kier alpha value is -2.95. The number of hydrogen-bond donors (Lipinski definition) is 1. The van der Waals surface area contributed by atoms with Gasteiger partial charge in [0.1, 0.15) is 0 Å². The lowest BCUT2D eigenvalue weighted by Crippen LogP contribution is -2.28. The summed E-state index contributed by atoms with van der Waals surface area (Å²) in [5, 5.41) is 14.5. The number of aromatic amines is 1. The summed E-state index contributed by atoms with van der Waals surface area (Å²) in [6, 6.07) is 14.7. The highest BCUT2D eigenvalue weighted by atomic mass is 16.7. The normalized spacial score (nSPS) is 16.9. The number of nitrogens with one attached hydrogen (secondary N) is 1. The van der Waals surface area contributed by atoms with Crippen LogP contribution in [-0.2, 0) is 22.5 Å². The van der Waals surface area contributed by atoms with Crippen LogP contribution in [0.5, 0.6) is 0 Å². The quantitative estimate of drug-likeness (QED) is 0.527. The minimum Gasteiger partial charge on any atom is -0.318 e. The monoisotopic (exact) mass is 375 g/mol. The molecule has 1 aromatic heterocycles. The first-order valence-electron chi connectivity index (χ1n) is 9.76. The molecule has 0 saturated carbocycles. The smallest absolute Gasteiger partial charge is 0.318 e. The van der Waals surface area contributed by atoms with Crippen molar-refractivity contribution in [2.45, 2.75) is 46.5 Å². The number of aromatic nitrogens is 2. The van der Waals surface area contributed by atoms with E-state index in [0.717, 1.165) is 35.5 Å². The molecule has 28 heavy (non-hydrogen) atoms. The van der Waals surface area contributed by atoms with Gasteiger partial charge in [-0.1, -0.05) is 68.4 Å². The van der Waals surface area contributed by atoms with E-state index in [0.29, 0.717) is 12.8 Å². The molecular formula is C23H25N3O2. The highest BCUT2D eigenvalue weighted by Crippen LogP contribution is 2.36. The van der Waals surface area contributed by atoms with E-state index in [4.69, 9.17) is 4.84 Å². The first-order chi connectivity index (χ1) is 13.5. The largest absolute Gasteiger partial charge is 0.334 e. The fourth-order valence-corrected chi connectivity index (χ4v) is 3.98. The standard InChI is InChI=1S/C23H25N3O2/c1-4-21(27)28-26-20-14-23(2,3)13-19-22(20)18(24-25-19)12-16-10-7-9-15-8-5-6-11-17(15)16/h5-11H,4,12-14H2,1-3H3,(H,24,25). The molecule has 0 fully saturated rings. The van der Waals surface area contributed by atoms with Crippen molar-refractivity contribution in [2.24, 2.45) is 10.6 Å². The molecule has 2 aromatic carbocycles. The second-order valence-corrected chi connectivity index (χ2v) is 8.21. The van der Waals surface area contributed by atoms with Crippen molar-refractivity contribution < 1.29 is 9.63 Å². The summed E-state index contributed by atoms with van der Waals surface area (Å²) in [7, 11) is 0. The topological polar surface area (TPSA) is 67.3 Å². The van der Waals surface area contributed by atoms with Gasteiger partial charge in [0.2, 0.25) is 0 Å². The molecule has 0 unspecified atom stereocenters. The highest BCUT2D eigenvalue weighted by molar-refractivity contribution is 6.04. The number of benzene rings is 2. The van der Waals surface area contributed by atoms with Gasteiger partial charge in [0, 0.05) is 24.1 Å². The first kappa shape index (κ1) is 18.4. The number of oxime groups is 1. The predicted molar refractivity (Wildman–Crippen MR) is 110 cm³/mol. The lowest BCUT2D eigenvalue weighted by molar-refractivity contribution is -0.143. The van der Waals surface area contributed by atoms with Crippen molar-refractivity contribution in [1.82, 2.24) is 10.2 Å². The fourth-order valence-electron chi connectivity index (χ4n) is 3.98. The number of rotatable bonds is 4. The number of carbonyl (C=O) groups is 1. The van der Waals surface area contributed by atoms with Gasteiger partial charge in [0.25, 0.3) is 0 Å². The Kier molecular flexibility index (Phi) is 4.75. The molecule has 4 rings (SSSR count). The van der Waals surface area contributed by atoms with Gasteiger partial charge in [-0.15, -0.1) is 0 Å². The van der Waals surface area contributed by atoms with E-state index in [1.807, 2.05) is 0 Å². The van der Waals surface area contributed by atoms with Crippen LogP contribution in [0, 0.1) is 5.41 Å². The van der Waals surface area contributed by atoms with Crippen molar-refractivity contribution in [3.8, 4) is 0 Å². The molecular weight excluding hydrogens is 350 g/mol.